The van der Waals surface area contributed by atoms with E-state index < -0.39 is 7.30 Å². The van der Waals surface area contributed by atoms with Crippen molar-refractivity contribution in [3.8, 4) is 0 Å². The van der Waals surface area contributed by atoms with E-state index in [0.29, 0.717) is 23.4 Å². The molecule has 0 bridgehead atoms. The standard InChI is InChI=1S/C34H54O5P4/c1-6-29(43(41)42-35)20-32-25(5)30(19-26-11-8-7-9-12-26)34(39-32)21-33-24(4)22(2)17-28(38-33)14-15-31-23(3)18-27(37-31)13-10-16-36-40/h7-9,11-12,22,25,27-34H,3-4,6,10,13-21,40-41H2,1-2,5H3/t22-,25-,27+,28+,29-,30-,31?,32-,33?,34+,43?/m1/s1. The fourth-order valence-electron chi connectivity index (χ4n) is 7.38. The third kappa shape index (κ3) is 9.96. The molecule has 5 unspecified atom stereocenters. The van der Waals surface area contributed by atoms with E-state index in [9.17, 15) is 4.57 Å². The molecule has 4 rings (SSSR count). The van der Waals surface area contributed by atoms with Crippen LogP contribution in [0.2, 0.25) is 0 Å². The first-order chi connectivity index (χ1) is 20.7. The van der Waals surface area contributed by atoms with Gasteiger partial charge in [-0.15, -0.1) is 0 Å². The Bertz CT molecular complexity index is 1040. The first-order valence-electron chi connectivity index (χ1n) is 16.3. The van der Waals surface area contributed by atoms with Crippen molar-refractivity contribution >= 4 is 33.8 Å². The average Bonchev–Trinajstić information content (AvgIpc) is 3.50. The first-order valence-corrected chi connectivity index (χ1v) is 21.3. The van der Waals surface area contributed by atoms with Crippen molar-refractivity contribution in [1.29, 1.82) is 0 Å². The van der Waals surface area contributed by atoms with Gasteiger partial charge in [0.2, 0.25) is 0 Å². The summed E-state index contributed by atoms with van der Waals surface area (Å²) < 4.78 is 37.0. The fourth-order valence-corrected chi connectivity index (χ4v) is 10.6. The highest BCUT2D eigenvalue weighted by Crippen LogP contribution is 2.63. The van der Waals surface area contributed by atoms with E-state index >= 15 is 0 Å². The van der Waals surface area contributed by atoms with E-state index in [1.165, 1.54) is 16.7 Å². The predicted molar refractivity (Wildman–Crippen MR) is 187 cm³/mol. The average molecular weight is 667 g/mol. The van der Waals surface area contributed by atoms with Crippen LogP contribution in [0.25, 0.3) is 0 Å². The van der Waals surface area contributed by atoms with Crippen molar-refractivity contribution in [2.75, 3.05) is 6.61 Å². The van der Waals surface area contributed by atoms with Crippen molar-refractivity contribution < 1.29 is 23.3 Å². The molecule has 3 saturated heterocycles. The maximum atomic E-state index is 11.7. The molecule has 3 heterocycles. The zero-order chi connectivity index (χ0) is 30.9. The lowest BCUT2D eigenvalue weighted by molar-refractivity contribution is -0.0735. The van der Waals surface area contributed by atoms with Crippen molar-refractivity contribution in [2.45, 2.75) is 127 Å². The Kier molecular flexibility index (Phi) is 14.8. The third-order valence-corrected chi connectivity index (χ3v) is 15.6. The molecule has 3 fully saturated rings. The van der Waals surface area contributed by atoms with Crippen LogP contribution in [0.5, 0.6) is 0 Å². The Hall–Kier alpha value is -0.0700. The predicted octanol–water partition coefficient (Wildman–Crippen LogP) is 9.72. The van der Waals surface area contributed by atoms with Crippen LogP contribution in [0, 0.1) is 17.8 Å². The van der Waals surface area contributed by atoms with Crippen LogP contribution in [0.1, 0.15) is 84.1 Å². The Morgan fingerprint density at radius 2 is 1.79 bits per heavy atom. The van der Waals surface area contributed by atoms with Gasteiger partial charge < -0.3 is 18.7 Å². The second kappa shape index (κ2) is 17.7. The summed E-state index contributed by atoms with van der Waals surface area (Å²) in [6.45, 7) is 16.5. The minimum Gasteiger partial charge on any atom is -0.374 e. The van der Waals surface area contributed by atoms with Crippen LogP contribution in [0.4, 0.5) is 0 Å². The van der Waals surface area contributed by atoms with Crippen LogP contribution in [0.15, 0.2) is 54.6 Å². The van der Waals surface area contributed by atoms with Crippen molar-refractivity contribution in [2.24, 2.45) is 17.8 Å². The largest absolute Gasteiger partial charge is 0.374 e. The van der Waals surface area contributed by atoms with E-state index in [4.69, 9.17) is 18.7 Å². The lowest BCUT2D eigenvalue weighted by atomic mass is 9.79. The molecular weight excluding hydrogens is 612 g/mol. The van der Waals surface area contributed by atoms with Crippen LogP contribution >= 0.6 is 33.8 Å². The molecular formula is C34H54O5P4. The normalized spacial score (nSPS) is 34.6. The molecule has 1 aromatic rings. The van der Waals surface area contributed by atoms with Crippen LogP contribution < -0.4 is 0 Å². The maximum Gasteiger partial charge on any atom is 0.185 e. The molecule has 3 aliphatic rings. The van der Waals surface area contributed by atoms with E-state index in [2.05, 4.69) is 82.7 Å². The summed E-state index contributed by atoms with van der Waals surface area (Å²) in [6, 6.07) is 10.8. The number of ether oxygens (including phenoxy) is 3. The topological polar surface area (TPSA) is 54.0 Å². The summed E-state index contributed by atoms with van der Waals surface area (Å²) in [5.74, 6) is 1.24. The maximum absolute atomic E-state index is 11.7. The van der Waals surface area contributed by atoms with Crippen LogP contribution in [-0.4, -0.2) is 48.9 Å². The van der Waals surface area contributed by atoms with E-state index in [0.717, 1.165) is 70.8 Å². The van der Waals surface area contributed by atoms with Gasteiger partial charge in [0.05, 0.1) is 43.2 Å². The van der Waals surface area contributed by atoms with E-state index in [1.807, 2.05) is 0 Å². The number of hydrogen-bond acceptors (Lipinski definition) is 5. The molecule has 5 nitrogen and oxygen atoms in total. The number of benzene rings is 1. The molecule has 1 aromatic carbocycles. The van der Waals surface area contributed by atoms with Gasteiger partial charge >= 0.3 is 0 Å². The highest BCUT2D eigenvalue weighted by molar-refractivity contribution is 8.45. The van der Waals surface area contributed by atoms with Gasteiger partial charge in [0.25, 0.3) is 0 Å². The molecule has 9 heteroatoms. The van der Waals surface area contributed by atoms with Crippen molar-refractivity contribution in [3.63, 3.8) is 0 Å². The van der Waals surface area contributed by atoms with Gasteiger partial charge in [0.1, 0.15) is 0 Å². The van der Waals surface area contributed by atoms with E-state index in [-0.39, 0.29) is 44.8 Å². The monoisotopic (exact) mass is 666 g/mol. The van der Waals surface area contributed by atoms with Gasteiger partial charge in [0, 0.05) is 23.2 Å². The molecule has 13 atom stereocenters. The summed E-state index contributed by atoms with van der Waals surface area (Å²) >= 11 is 0. The molecule has 0 amide bonds. The molecule has 0 aliphatic carbocycles. The quantitative estimate of drug-likeness (QED) is 0.0999. The Morgan fingerprint density at radius 1 is 1.05 bits per heavy atom. The van der Waals surface area contributed by atoms with Crippen molar-refractivity contribution in [3.05, 3.63) is 60.2 Å². The SMILES string of the molecule is C=C1C[C@H](CCCOP)OC1CC[C@H]1C[C@@H](C)C(=C)C(C[C@@H]2O[C@H](C[C@@H](CC)P(P)P=O)[C@H](C)[C@H]2Cc2ccccc2)O1. The molecule has 3 aliphatic heterocycles. The number of rotatable bonds is 16. The summed E-state index contributed by atoms with van der Waals surface area (Å²) in [4.78, 5) is 0. The Labute approximate surface area is 268 Å². The highest BCUT2D eigenvalue weighted by atomic mass is 32.4. The molecule has 0 radical (unpaired) electrons. The first kappa shape index (κ1) is 35.8. The summed E-state index contributed by atoms with van der Waals surface area (Å²) in [5.41, 5.74) is 4.20. The molecule has 43 heavy (non-hydrogen) atoms. The molecule has 0 saturated carbocycles. The summed E-state index contributed by atoms with van der Waals surface area (Å²) in [7, 11) is 4.82. The van der Waals surface area contributed by atoms with Crippen molar-refractivity contribution in [1.82, 2.24) is 0 Å². The summed E-state index contributed by atoms with van der Waals surface area (Å²) in [5, 5.41) is 0. The van der Waals surface area contributed by atoms with Gasteiger partial charge in [-0.1, -0.05) is 73.2 Å². The summed E-state index contributed by atoms with van der Waals surface area (Å²) in [6.07, 6.45) is 10.6. The smallest absolute Gasteiger partial charge is 0.185 e. The Morgan fingerprint density at radius 3 is 2.49 bits per heavy atom. The van der Waals surface area contributed by atoms with Gasteiger partial charge in [0.15, 0.2) is 8.15 Å². The van der Waals surface area contributed by atoms with Gasteiger partial charge in [-0.3, -0.25) is 4.57 Å². The zero-order valence-corrected chi connectivity index (χ0v) is 30.5. The Balaban J connectivity index is 1.40. The number of hydrogen-bond donors (Lipinski definition) is 0. The molecule has 0 N–H and O–H groups in total. The third-order valence-electron chi connectivity index (χ3n) is 10.2. The van der Waals surface area contributed by atoms with E-state index in [1.54, 1.807) is 0 Å². The zero-order valence-electron chi connectivity index (χ0n) is 26.4. The minimum atomic E-state index is -0.616. The molecule has 0 aromatic heterocycles. The highest BCUT2D eigenvalue weighted by Gasteiger charge is 2.45. The second-order valence-corrected chi connectivity index (χ2v) is 19.9. The minimum absolute atomic E-state index is 0.00341. The lowest BCUT2D eigenvalue weighted by Gasteiger charge is -2.38. The van der Waals surface area contributed by atoms with Gasteiger partial charge in [-0.05, 0) is 97.9 Å². The molecule has 240 valence electrons. The lowest BCUT2D eigenvalue weighted by Crippen LogP contribution is -2.38. The fraction of sp³-hybridized carbons (Fsp3) is 0.706. The van der Waals surface area contributed by atoms with Crippen LogP contribution in [0.3, 0.4) is 0 Å². The van der Waals surface area contributed by atoms with Crippen LogP contribution in [-0.2, 0) is 29.7 Å². The van der Waals surface area contributed by atoms with Gasteiger partial charge in [-0.25, -0.2) is 0 Å². The second-order valence-electron chi connectivity index (χ2n) is 13.1. The van der Waals surface area contributed by atoms with Gasteiger partial charge in [-0.2, -0.15) is 0 Å². The molecule has 0 spiro atoms.